The van der Waals surface area contributed by atoms with Crippen LogP contribution < -0.4 is 16.4 Å². The number of nitrogens with zero attached hydrogens (tertiary/aromatic N) is 1. The lowest BCUT2D eigenvalue weighted by Gasteiger charge is -2.27. The fourth-order valence-corrected chi connectivity index (χ4v) is 3.65. The van der Waals surface area contributed by atoms with Crippen LogP contribution in [-0.4, -0.2) is 34.6 Å². The number of carbonyl (C=O) groups excluding carboxylic acids is 4. The first-order valence-corrected chi connectivity index (χ1v) is 9.36. The van der Waals surface area contributed by atoms with Crippen molar-refractivity contribution >= 4 is 29.3 Å². The van der Waals surface area contributed by atoms with E-state index in [0.29, 0.717) is 18.8 Å². The summed E-state index contributed by atoms with van der Waals surface area (Å²) in [5.74, 6) is -2.06. The van der Waals surface area contributed by atoms with E-state index in [1.54, 1.807) is 18.2 Å². The lowest BCUT2D eigenvalue weighted by atomic mass is 10.0. The standard InChI is InChI=1S/C21H20N4O4/c22-10-12-4-6-13(7-5-12)11-23-15-3-1-2-14-18(15)21(29)25(20(14)28)16-8-9-17(26)24-19(16)27/h1-7,16,23H,8-11,22H2,(H,24,26,27)/t16-/m0/s1. The summed E-state index contributed by atoms with van der Waals surface area (Å²) in [4.78, 5) is 50.4. The van der Waals surface area contributed by atoms with Crippen molar-refractivity contribution in [2.75, 3.05) is 5.32 Å². The minimum Gasteiger partial charge on any atom is -0.380 e. The molecule has 1 saturated heterocycles. The maximum atomic E-state index is 13.0. The summed E-state index contributed by atoms with van der Waals surface area (Å²) in [7, 11) is 0. The molecule has 2 heterocycles. The molecule has 0 unspecified atom stereocenters. The minimum absolute atomic E-state index is 0.0910. The van der Waals surface area contributed by atoms with Crippen LogP contribution >= 0.6 is 0 Å². The van der Waals surface area contributed by atoms with Gasteiger partial charge in [0.25, 0.3) is 11.8 Å². The highest BCUT2D eigenvalue weighted by molar-refractivity contribution is 6.25. The van der Waals surface area contributed by atoms with Gasteiger partial charge in [0.05, 0.1) is 11.1 Å². The summed E-state index contributed by atoms with van der Waals surface area (Å²) < 4.78 is 0. The first-order chi connectivity index (χ1) is 14.0. The largest absolute Gasteiger partial charge is 0.380 e. The van der Waals surface area contributed by atoms with Crippen molar-refractivity contribution in [3.05, 3.63) is 64.7 Å². The van der Waals surface area contributed by atoms with Crippen molar-refractivity contribution in [2.45, 2.75) is 32.0 Å². The average molecular weight is 392 g/mol. The summed E-state index contributed by atoms with van der Waals surface area (Å²) in [6.45, 7) is 0.924. The van der Waals surface area contributed by atoms with E-state index in [1.165, 1.54) is 0 Å². The molecular weight excluding hydrogens is 372 g/mol. The number of rotatable bonds is 5. The normalized spacial score (nSPS) is 18.7. The highest BCUT2D eigenvalue weighted by atomic mass is 16.2. The number of imide groups is 2. The van der Waals surface area contributed by atoms with Crippen LogP contribution in [0.3, 0.4) is 0 Å². The molecule has 2 aliphatic heterocycles. The first-order valence-electron chi connectivity index (χ1n) is 9.36. The van der Waals surface area contributed by atoms with Gasteiger partial charge in [-0.05, 0) is 29.7 Å². The number of nitrogens with two attached hydrogens (primary N) is 1. The second-order valence-electron chi connectivity index (χ2n) is 7.05. The van der Waals surface area contributed by atoms with Gasteiger partial charge in [-0.25, -0.2) is 0 Å². The maximum absolute atomic E-state index is 13.0. The monoisotopic (exact) mass is 392 g/mol. The van der Waals surface area contributed by atoms with Gasteiger partial charge in [0.1, 0.15) is 6.04 Å². The molecule has 8 heteroatoms. The fraction of sp³-hybridized carbons (Fsp3) is 0.238. The molecule has 0 spiro atoms. The van der Waals surface area contributed by atoms with E-state index >= 15 is 0 Å². The van der Waals surface area contributed by atoms with Gasteiger partial charge in [0.15, 0.2) is 0 Å². The van der Waals surface area contributed by atoms with Crippen LogP contribution in [-0.2, 0) is 22.7 Å². The van der Waals surface area contributed by atoms with Gasteiger partial charge >= 0.3 is 0 Å². The van der Waals surface area contributed by atoms with E-state index in [1.807, 2.05) is 24.3 Å². The Morgan fingerprint density at radius 3 is 2.41 bits per heavy atom. The van der Waals surface area contributed by atoms with Crippen LogP contribution in [0.1, 0.15) is 44.7 Å². The van der Waals surface area contributed by atoms with Gasteiger partial charge in [-0.3, -0.25) is 29.4 Å². The van der Waals surface area contributed by atoms with Crippen LogP contribution in [0.15, 0.2) is 42.5 Å². The fourth-order valence-electron chi connectivity index (χ4n) is 3.65. The van der Waals surface area contributed by atoms with E-state index in [2.05, 4.69) is 10.6 Å². The first kappa shape index (κ1) is 18.8. The van der Waals surface area contributed by atoms with Crippen LogP contribution in [0.25, 0.3) is 0 Å². The molecule has 2 aromatic rings. The van der Waals surface area contributed by atoms with Crippen LogP contribution in [0.5, 0.6) is 0 Å². The lowest BCUT2D eigenvalue weighted by molar-refractivity contribution is -0.136. The molecule has 1 atom stereocenters. The van der Waals surface area contributed by atoms with Crippen molar-refractivity contribution in [1.82, 2.24) is 10.2 Å². The number of piperidine rings is 1. The summed E-state index contributed by atoms with van der Waals surface area (Å²) >= 11 is 0. The molecule has 0 aliphatic carbocycles. The van der Waals surface area contributed by atoms with Crippen LogP contribution in [0.4, 0.5) is 5.69 Å². The quantitative estimate of drug-likeness (QED) is 0.657. The van der Waals surface area contributed by atoms with Gasteiger partial charge in [-0.15, -0.1) is 0 Å². The number of anilines is 1. The molecule has 2 aromatic carbocycles. The Hall–Kier alpha value is -3.52. The average Bonchev–Trinajstić information content (AvgIpc) is 2.98. The number of carbonyl (C=O) groups is 4. The molecule has 0 aromatic heterocycles. The molecule has 148 valence electrons. The third-order valence-electron chi connectivity index (χ3n) is 5.21. The maximum Gasteiger partial charge on any atom is 0.264 e. The zero-order chi connectivity index (χ0) is 20.5. The number of hydrogen-bond acceptors (Lipinski definition) is 6. The summed E-state index contributed by atoms with van der Waals surface area (Å²) in [6.07, 6.45) is 0.222. The second-order valence-corrected chi connectivity index (χ2v) is 7.05. The van der Waals surface area contributed by atoms with E-state index in [-0.39, 0.29) is 24.0 Å². The molecule has 0 radical (unpaired) electrons. The van der Waals surface area contributed by atoms with Gasteiger partial charge in [0.2, 0.25) is 11.8 Å². The van der Waals surface area contributed by atoms with Crippen molar-refractivity contribution in [3.63, 3.8) is 0 Å². The number of hydrogen-bond donors (Lipinski definition) is 3. The highest BCUT2D eigenvalue weighted by Gasteiger charge is 2.45. The molecular formula is C21H20N4O4. The predicted octanol–water partition coefficient (Wildman–Crippen LogP) is 1.16. The summed E-state index contributed by atoms with van der Waals surface area (Å²) in [5, 5.41) is 5.40. The Morgan fingerprint density at radius 2 is 1.72 bits per heavy atom. The van der Waals surface area contributed by atoms with E-state index in [4.69, 9.17) is 5.73 Å². The Morgan fingerprint density at radius 1 is 1.00 bits per heavy atom. The molecule has 4 amide bonds. The Labute approximate surface area is 167 Å². The number of fused-ring (bicyclic) bond motifs is 1. The Balaban J connectivity index is 1.57. The number of nitrogens with one attached hydrogen (secondary N) is 2. The summed E-state index contributed by atoms with van der Waals surface area (Å²) in [5.41, 5.74) is 8.66. The van der Waals surface area contributed by atoms with Gasteiger partial charge in [0, 0.05) is 25.2 Å². The molecule has 4 rings (SSSR count). The zero-order valence-corrected chi connectivity index (χ0v) is 15.6. The van der Waals surface area contributed by atoms with Gasteiger partial charge < -0.3 is 11.1 Å². The van der Waals surface area contributed by atoms with Crippen molar-refractivity contribution in [2.24, 2.45) is 5.73 Å². The van der Waals surface area contributed by atoms with E-state index < -0.39 is 29.7 Å². The highest BCUT2D eigenvalue weighted by Crippen LogP contribution is 2.32. The molecule has 2 aliphatic rings. The molecule has 8 nitrogen and oxygen atoms in total. The topological polar surface area (TPSA) is 122 Å². The van der Waals surface area contributed by atoms with E-state index in [0.717, 1.165) is 16.0 Å². The third-order valence-corrected chi connectivity index (χ3v) is 5.21. The summed E-state index contributed by atoms with van der Waals surface area (Å²) in [6, 6.07) is 11.8. The molecule has 1 fully saturated rings. The second kappa shape index (κ2) is 7.48. The molecule has 4 N–H and O–H groups in total. The smallest absolute Gasteiger partial charge is 0.264 e. The minimum atomic E-state index is -0.975. The van der Waals surface area contributed by atoms with Crippen molar-refractivity contribution in [3.8, 4) is 0 Å². The molecule has 29 heavy (non-hydrogen) atoms. The lowest BCUT2D eigenvalue weighted by Crippen LogP contribution is -2.54. The van der Waals surface area contributed by atoms with Crippen LogP contribution in [0, 0.1) is 0 Å². The Bertz CT molecular complexity index is 1020. The third kappa shape index (κ3) is 3.38. The number of benzene rings is 2. The Kier molecular flexibility index (Phi) is 4.85. The van der Waals surface area contributed by atoms with Gasteiger partial charge in [-0.1, -0.05) is 30.3 Å². The van der Waals surface area contributed by atoms with E-state index in [9.17, 15) is 19.2 Å². The zero-order valence-electron chi connectivity index (χ0n) is 15.6. The van der Waals surface area contributed by atoms with Gasteiger partial charge in [-0.2, -0.15) is 0 Å². The van der Waals surface area contributed by atoms with Crippen molar-refractivity contribution < 1.29 is 19.2 Å². The molecule has 0 bridgehead atoms. The SMILES string of the molecule is NCc1ccc(CNc2cccc3c2C(=O)N([C@H]2CCC(=O)NC2=O)C3=O)cc1. The van der Waals surface area contributed by atoms with Crippen molar-refractivity contribution in [1.29, 1.82) is 0 Å². The molecule has 0 saturated carbocycles. The predicted molar refractivity (Wildman–Crippen MR) is 105 cm³/mol. The van der Waals surface area contributed by atoms with Crippen LogP contribution in [0.2, 0.25) is 0 Å². The number of amides is 4.